The van der Waals surface area contributed by atoms with Gasteiger partial charge in [0.1, 0.15) is 17.8 Å². The summed E-state index contributed by atoms with van der Waals surface area (Å²) in [6.07, 6.45) is 0.701. The molecule has 1 heterocycles. The van der Waals surface area contributed by atoms with Crippen molar-refractivity contribution < 1.29 is 40.0 Å². The zero-order valence-corrected chi connectivity index (χ0v) is 15.2. The summed E-state index contributed by atoms with van der Waals surface area (Å²) in [4.78, 5) is 12.4. The van der Waals surface area contributed by atoms with Gasteiger partial charge in [-0.1, -0.05) is 5.10 Å². The zero-order valence-electron chi connectivity index (χ0n) is 14.4. The van der Waals surface area contributed by atoms with Crippen molar-refractivity contribution >= 4 is 16.1 Å². The first-order valence-electron chi connectivity index (χ1n) is 7.73. The molecule has 0 radical (unpaired) electrons. The molecule has 2 rings (SSSR count). The quantitative estimate of drug-likeness (QED) is 0.366. The van der Waals surface area contributed by atoms with Crippen LogP contribution in [0.3, 0.4) is 0 Å². The van der Waals surface area contributed by atoms with Crippen LogP contribution in [0.15, 0.2) is 11.8 Å². The summed E-state index contributed by atoms with van der Waals surface area (Å²) in [7, 11) is -4.25. The largest absolute Gasteiger partial charge is 0.534 e. The topological polar surface area (TPSA) is 122 Å². The van der Waals surface area contributed by atoms with Crippen LogP contribution in [-0.2, 0) is 30.9 Å². The van der Waals surface area contributed by atoms with Gasteiger partial charge in [-0.3, -0.25) is 4.79 Å². The van der Waals surface area contributed by atoms with Crippen molar-refractivity contribution in [2.45, 2.75) is 31.7 Å². The van der Waals surface area contributed by atoms with Gasteiger partial charge in [-0.15, -0.1) is 0 Å². The van der Waals surface area contributed by atoms with E-state index in [4.69, 9.17) is 9.47 Å². The number of ether oxygens (including phenoxy) is 2. The first-order valence-corrected chi connectivity index (χ1v) is 9.14. The number of aromatic nitrogens is 4. The third kappa shape index (κ3) is 4.67. The summed E-state index contributed by atoms with van der Waals surface area (Å²) >= 11 is 0. The number of nitrogens with zero attached hydrogens (tertiary/aromatic N) is 4. The fraction of sp³-hybridized carbons (Fsp3) is 0.692. The molecular weight excluding hydrogens is 397 g/mol. The Labute approximate surface area is 152 Å². The lowest BCUT2D eigenvalue weighted by Gasteiger charge is -2.33. The minimum Gasteiger partial charge on any atom is -0.465 e. The number of tetrazole rings is 1. The molecule has 1 aliphatic rings. The second-order valence-corrected chi connectivity index (χ2v) is 7.27. The number of esters is 1. The van der Waals surface area contributed by atoms with Gasteiger partial charge in [-0.2, -0.15) is 26.3 Å². The van der Waals surface area contributed by atoms with Crippen LogP contribution in [0.25, 0.3) is 0 Å². The van der Waals surface area contributed by atoms with Crippen LogP contribution >= 0.6 is 0 Å². The molecule has 0 saturated carbocycles. The van der Waals surface area contributed by atoms with Gasteiger partial charge in [-0.05, 0) is 36.3 Å². The minimum atomic E-state index is -5.76. The highest BCUT2D eigenvalue weighted by Gasteiger charge is 2.50. The number of hydrogen-bond acceptors (Lipinski definition) is 9. The highest BCUT2D eigenvalue weighted by molar-refractivity contribution is 7.87. The average molecular weight is 414 g/mol. The monoisotopic (exact) mass is 414 g/mol. The van der Waals surface area contributed by atoms with Gasteiger partial charge in [0, 0.05) is 13.5 Å². The highest BCUT2D eigenvalue weighted by atomic mass is 32.2. The van der Waals surface area contributed by atoms with Crippen molar-refractivity contribution in [1.82, 2.24) is 20.2 Å². The zero-order chi connectivity index (χ0) is 20.3. The van der Waals surface area contributed by atoms with Crippen molar-refractivity contribution in [1.29, 1.82) is 0 Å². The van der Waals surface area contributed by atoms with Crippen LogP contribution in [-0.4, -0.2) is 53.3 Å². The Morgan fingerprint density at radius 1 is 1.41 bits per heavy atom. The molecule has 0 fully saturated rings. The number of carbonyl (C=O) groups excluding carboxylic acids is 1. The molecule has 0 amide bonds. The lowest BCUT2D eigenvalue weighted by Crippen LogP contribution is -2.40. The van der Waals surface area contributed by atoms with Gasteiger partial charge < -0.3 is 13.7 Å². The molecule has 0 bridgehead atoms. The maximum atomic E-state index is 12.4. The van der Waals surface area contributed by atoms with Gasteiger partial charge >= 0.3 is 27.6 Å². The molecule has 0 spiro atoms. The maximum absolute atomic E-state index is 12.4. The summed E-state index contributed by atoms with van der Waals surface area (Å²) in [6.45, 7) is 1.47. The van der Waals surface area contributed by atoms with E-state index < -0.39 is 32.8 Å². The number of aryl methyl sites for hydroxylation is 1. The van der Waals surface area contributed by atoms with E-state index in [2.05, 4.69) is 19.7 Å². The third-order valence-corrected chi connectivity index (χ3v) is 4.84. The molecule has 0 N–H and O–H groups in total. The van der Waals surface area contributed by atoms with Crippen LogP contribution in [0.4, 0.5) is 13.2 Å². The Morgan fingerprint density at radius 3 is 2.59 bits per heavy atom. The summed E-state index contributed by atoms with van der Waals surface area (Å²) in [5.41, 5.74) is -6.78. The first-order chi connectivity index (χ1) is 12.5. The number of halogens is 3. The summed E-state index contributed by atoms with van der Waals surface area (Å²) < 4.78 is 75.3. The second-order valence-electron chi connectivity index (χ2n) is 5.73. The fourth-order valence-electron chi connectivity index (χ4n) is 2.35. The van der Waals surface area contributed by atoms with Crippen molar-refractivity contribution in [2.24, 2.45) is 12.5 Å². The molecule has 1 aliphatic carbocycles. The van der Waals surface area contributed by atoms with Crippen molar-refractivity contribution in [2.75, 3.05) is 13.2 Å². The van der Waals surface area contributed by atoms with E-state index >= 15 is 0 Å². The Morgan fingerprint density at radius 2 is 2.11 bits per heavy atom. The Kier molecular flexibility index (Phi) is 5.97. The lowest BCUT2D eigenvalue weighted by atomic mass is 9.77. The molecular formula is C13H17F3N4O6S. The lowest BCUT2D eigenvalue weighted by molar-refractivity contribution is -0.158. The molecule has 152 valence electrons. The maximum Gasteiger partial charge on any atom is 0.534 e. The Balaban J connectivity index is 2.16. The highest BCUT2D eigenvalue weighted by Crippen LogP contribution is 2.39. The standard InChI is InChI=1S/C13H17F3N4O6S/c1-3-24-10(21)12(8-25-11-17-18-19-20(11)2)6-4-9(5-7-12)26-27(22,23)13(14,15)16/h4H,3,5-8H2,1-2H3/t12-/m0/s1. The number of carbonyl (C=O) groups is 1. The summed E-state index contributed by atoms with van der Waals surface area (Å²) in [6, 6.07) is 0.0318. The smallest absolute Gasteiger partial charge is 0.465 e. The predicted octanol–water partition coefficient (Wildman–Crippen LogP) is 1.07. The third-order valence-electron chi connectivity index (χ3n) is 3.84. The molecule has 0 saturated heterocycles. The van der Waals surface area contributed by atoms with Crippen molar-refractivity contribution in [3.8, 4) is 6.01 Å². The van der Waals surface area contributed by atoms with Crippen molar-refractivity contribution in [3.63, 3.8) is 0 Å². The van der Waals surface area contributed by atoms with Crippen LogP contribution in [0.2, 0.25) is 0 Å². The molecule has 0 aromatic carbocycles. The molecule has 10 nitrogen and oxygen atoms in total. The molecule has 1 aromatic rings. The number of allylic oxidation sites excluding steroid dienone is 2. The van der Waals surface area contributed by atoms with Gasteiger partial charge in [-0.25, -0.2) is 0 Å². The van der Waals surface area contributed by atoms with Crippen LogP contribution < -0.4 is 4.74 Å². The van der Waals surface area contributed by atoms with Crippen LogP contribution in [0.5, 0.6) is 6.01 Å². The van der Waals surface area contributed by atoms with Gasteiger partial charge in [0.15, 0.2) is 0 Å². The summed E-state index contributed by atoms with van der Waals surface area (Å²) in [5, 5.41) is 10.6. The first kappa shape index (κ1) is 20.9. The second kappa shape index (κ2) is 7.70. The number of rotatable bonds is 7. The minimum absolute atomic E-state index is 0.0318. The fourth-order valence-corrected chi connectivity index (χ4v) is 2.87. The number of alkyl halides is 3. The van der Waals surface area contributed by atoms with E-state index in [9.17, 15) is 26.4 Å². The van der Waals surface area contributed by atoms with E-state index in [1.54, 1.807) is 6.92 Å². The number of hydrogen-bond donors (Lipinski definition) is 0. The van der Waals surface area contributed by atoms with E-state index in [0.29, 0.717) is 0 Å². The SMILES string of the molecule is CCOC(=O)[C@@]1(COc2nnnn2C)CC=C(OS(=O)(=O)C(F)(F)F)CC1. The van der Waals surface area contributed by atoms with Crippen molar-refractivity contribution in [3.05, 3.63) is 11.8 Å². The van der Waals surface area contributed by atoms with E-state index in [0.717, 1.165) is 6.08 Å². The Hall–Kier alpha value is -2.38. The molecule has 1 atom stereocenters. The van der Waals surface area contributed by atoms with Gasteiger partial charge in [0.05, 0.1) is 6.61 Å². The molecule has 0 aliphatic heterocycles. The summed E-state index contributed by atoms with van der Waals surface area (Å²) in [5.74, 6) is -1.03. The van der Waals surface area contributed by atoms with Crippen LogP contribution in [0, 0.1) is 5.41 Å². The molecule has 1 aromatic heterocycles. The van der Waals surface area contributed by atoms with E-state index in [1.807, 2.05) is 0 Å². The van der Waals surface area contributed by atoms with E-state index in [-0.39, 0.29) is 38.5 Å². The molecule has 0 unspecified atom stereocenters. The normalized spacial score (nSPS) is 20.7. The Bertz CT molecular complexity index is 822. The van der Waals surface area contributed by atoms with Gasteiger partial charge in [0.25, 0.3) is 0 Å². The molecule has 14 heteroatoms. The average Bonchev–Trinajstić information content (AvgIpc) is 2.98. The molecule has 27 heavy (non-hydrogen) atoms. The van der Waals surface area contributed by atoms with Gasteiger partial charge in [0.2, 0.25) is 0 Å². The predicted molar refractivity (Wildman–Crippen MR) is 81.4 cm³/mol. The van der Waals surface area contributed by atoms with Crippen LogP contribution in [0.1, 0.15) is 26.2 Å². The van der Waals surface area contributed by atoms with E-state index in [1.165, 1.54) is 11.7 Å².